The van der Waals surface area contributed by atoms with Crippen molar-refractivity contribution in [3.8, 4) is 22.6 Å². The fraction of sp³-hybridized carbons (Fsp3) is 0. The van der Waals surface area contributed by atoms with E-state index in [1.54, 1.807) is 28.9 Å². The number of fused-ring (bicyclic) bond motifs is 1. The van der Waals surface area contributed by atoms with Crippen molar-refractivity contribution in [2.45, 2.75) is 0 Å². The molecule has 2 N–H and O–H groups in total. The number of nitrogens with zero attached hydrogens (tertiary/aromatic N) is 4. The molecule has 0 aliphatic heterocycles. The van der Waals surface area contributed by atoms with E-state index in [1.165, 1.54) is 12.1 Å². The fourth-order valence-corrected chi connectivity index (χ4v) is 2.42. The van der Waals surface area contributed by atoms with Crippen LogP contribution < -0.4 is 5.73 Å². The summed E-state index contributed by atoms with van der Waals surface area (Å²) >= 11 is 0. The van der Waals surface area contributed by atoms with Crippen molar-refractivity contribution >= 4 is 11.5 Å². The van der Waals surface area contributed by atoms with Crippen LogP contribution in [-0.4, -0.2) is 19.6 Å². The molecular weight excluding hydrogens is 293 g/mol. The minimum atomic E-state index is -0.275. The van der Waals surface area contributed by atoms with Gasteiger partial charge in [-0.15, -0.1) is 5.10 Å². The molecule has 0 saturated carbocycles. The lowest BCUT2D eigenvalue weighted by molar-refractivity contribution is 0.628. The first-order valence-electron chi connectivity index (χ1n) is 7.04. The second-order valence-corrected chi connectivity index (χ2v) is 5.10. The van der Waals surface area contributed by atoms with Crippen LogP contribution in [0.15, 0.2) is 60.8 Å². The van der Waals surface area contributed by atoms with E-state index in [1.807, 2.05) is 24.3 Å². The SMILES string of the molecule is Nc1cc(-c2ccc(F)cc2)cc2nc(-c3ccccn3)nn12. The first-order chi connectivity index (χ1) is 11.2. The topological polar surface area (TPSA) is 69.1 Å². The summed E-state index contributed by atoms with van der Waals surface area (Å²) in [6, 6.07) is 15.4. The molecule has 23 heavy (non-hydrogen) atoms. The lowest BCUT2D eigenvalue weighted by Crippen LogP contribution is -1.99. The molecule has 3 aromatic heterocycles. The van der Waals surface area contributed by atoms with Crippen molar-refractivity contribution in [3.05, 3.63) is 66.6 Å². The smallest absolute Gasteiger partial charge is 0.200 e. The second kappa shape index (κ2) is 5.17. The quantitative estimate of drug-likeness (QED) is 0.617. The van der Waals surface area contributed by atoms with Crippen molar-refractivity contribution in [2.24, 2.45) is 0 Å². The predicted octanol–water partition coefficient (Wildman–Crippen LogP) is 3.18. The number of pyridine rings is 2. The van der Waals surface area contributed by atoms with Gasteiger partial charge in [-0.2, -0.15) is 4.52 Å². The van der Waals surface area contributed by atoms with Gasteiger partial charge in [-0.25, -0.2) is 9.37 Å². The van der Waals surface area contributed by atoms with E-state index in [-0.39, 0.29) is 5.82 Å². The number of benzene rings is 1. The summed E-state index contributed by atoms with van der Waals surface area (Å²) in [5.74, 6) is 0.688. The van der Waals surface area contributed by atoms with Crippen molar-refractivity contribution in [1.82, 2.24) is 19.6 Å². The van der Waals surface area contributed by atoms with Crippen LogP contribution in [0.4, 0.5) is 10.2 Å². The molecule has 3 heterocycles. The minimum Gasteiger partial charge on any atom is -0.384 e. The van der Waals surface area contributed by atoms with Crippen LogP contribution in [0.5, 0.6) is 0 Å². The Hall–Kier alpha value is -3.28. The Morgan fingerprint density at radius 2 is 1.78 bits per heavy atom. The molecule has 0 aliphatic rings. The summed E-state index contributed by atoms with van der Waals surface area (Å²) in [4.78, 5) is 8.73. The van der Waals surface area contributed by atoms with Crippen LogP contribution in [0.25, 0.3) is 28.3 Å². The van der Waals surface area contributed by atoms with Crippen molar-refractivity contribution in [3.63, 3.8) is 0 Å². The van der Waals surface area contributed by atoms with Gasteiger partial charge in [-0.05, 0) is 47.5 Å². The molecule has 6 heteroatoms. The number of aromatic nitrogens is 4. The van der Waals surface area contributed by atoms with Gasteiger partial charge in [0.15, 0.2) is 5.65 Å². The molecule has 112 valence electrons. The highest BCUT2D eigenvalue weighted by atomic mass is 19.1. The fourth-order valence-electron chi connectivity index (χ4n) is 2.42. The van der Waals surface area contributed by atoms with Gasteiger partial charge in [-0.3, -0.25) is 4.98 Å². The van der Waals surface area contributed by atoms with E-state index >= 15 is 0 Å². The monoisotopic (exact) mass is 305 g/mol. The maximum absolute atomic E-state index is 13.1. The predicted molar refractivity (Wildman–Crippen MR) is 86.0 cm³/mol. The van der Waals surface area contributed by atoms with E-state index in [9.17, 15) is 4.39 Å². The lowest BCUT2D eigenvalue weighted by Gasteiger charge is -2.04. The van der Waals surface area contributed by atoms with Crippen molar-refractivity contribution in [1.29, 1.82) is 0 Å². The van der Waals surface area contributed by atoms with Crippen LogP contribution in [-0.2, 0) is 0 Å². The highest BCUT2D eigenvalue weighted by molar-refractivity contribution is 5.71. The zero-order valence-corrected chi connectivity index (χ0v) is 12.0. The van der Waals surface area contributed by atoms with E-state index in [0.29, 0.717) is 23.0 Å². The van der Waals surface area contributed by atoms with Crippen LogP contribution in [0, 0.1) is 5.82 Å². The molecular formula is C17H12FN5. The van der Waals surface area contributed by atoms with E-state index in [2.05, 4.69) is 15.1 Å². The molecule has 0 bridgehead atoms. The Morgan fingerprint density at radius 3 is 2.52 bits per heavy atom. The zero-order valence-electron chi connectivity index (χ0n) is 12.0. The number of nitrogen functional groups attached to an aromatic ring is 1. The van der Waals surface area contributed by atoms with Gasteiger partial charge in [-0.1, -0.05) is 18.2 Å². The number of hydrogen-bond donors (Lipinski definition) is 1. The Balaban J connectivity index is 1.86. The van der Waals surface area contributed by atoms with Crippen LogP contribution >= 0.6 is 0 Å². The van der Waals surface area contributed by atoms with Gasteiger partial charge in [0.1, 0.15) is 17.3 Å². The molecule has 4 rings (SSSR count). The summed E-state index contributed by atoms with van der Waals surface area (Å²) in [5.41, 5.74) is 9.10. The summed E-state index contributed by atoms with van der Waals surface area (Å²) < 4.78 is 14.6. The van der Waals surface area contributed by atoms with Gasteiger partial charge in [0.05, 0.1) is 0 Å². The van der Waals surface area contributed by atoms with Gasteiger partial charge in [0.25, 0.3) is 0 Å². The zero-order chi connectivity index (χ0) is 15.8. The van der Waals surface area contributed by atoms with Crippen LogP contribution in [0.2, 0.25) is 0 Å². The molecule has 0 spiro atoms. The average molecular weight is 305 g/mol. The van der Waals surface area contributed by atoms with Gasteiger partial charge in [0.2, 0.25) is 5.82 Å². The third-order valence-corrected chi connectivity index (χ3v) is 3.54. The molecule has 0 amide bonds. The van der Waals surface area contributed by atoms with Crippen molar-refractivity contribution < 1.29 is 4.39 Å². The molecule has 0 radical (unpaired) electrons. The van der Waals surface area contributed by atoms with Crippen LogP contribution in [0.1, 0.15) is 0 Å². The Bertz CT molecular complexity index is 977. The van der Waals surface area contributed by atoms with Crippen LogP contribution in [0.3, 0.4) is 0 Å². The highest BCUT2D eigenvalue weighted by Crippen LogP contribution is 2.25. The first-order valence-corrected chi connectivity index (χ1v) is 7.04. The molecule has 1 aromatic carbocycles. The summed E-state index contributed by atoms with van der Waals surface area (Å²) in [5, 5.41) is 4.39. The molecule has 0 aliphatic carbocycles. The van der Waals surface area contributed by atoms with Gasteiger partial charge >= 0.3 is 0 Å². The summed E-state index contributed by atoms with van der Waals surface area (Å²) in [6.07, 6.45) is 1.69. The Labute approximate surface area is 131 Å². The number of anilines is 1. The second-order valence-electron chi connectivity index (χ2n) is 5.10. The number of rotatable bonds is 2. The number of nitrogens with two attached hydrogens (primary N) is 1. The maximum Gasteiger partial charge on any atom is 0.200 e. The Kier molecular flexibility index (Phi) is 3.01. The highest BCUT2D eigenvalue weighted by Gasteiger charge is 2.11. The molecule has 4 aromatic rings. The average Bonchev–Trinajstić information content (AvgIpc) is 3.01. The summed E-state index contributed by atoms with van der Waals surface area (Å²) in [7, 11) is 0. The minimum absolute atomic E-state index is 0.275. The summed E-state index contributed by atoms with van der Waals surface area (Å²) in [6.45, 7) is 0. The Morgan fingerprint density at radius 1 is 0.957 bits per heavy atom. The molecule has 0 saturated heterocycles. The molecule has 0 atom stereocenters. The standard InChI is InChI=1S/C17H12FN5/c18-13-6-4-11(5-7-13)12-9-15(19)23-16(10-12)21-17(22-23)14-3-1-2-8-20-14/h1-10H,19H2. The van der Waals surface area contributed by atoms with E-state index in [4.69, 9.17) is 5.73 Å². The van der Waals surface area contributed by atoms with Gasteiger partial charge in [0, 0.05) is 6.20 Å². The number of halogens is 1. The molecule has 0 fully saturated rings. The third-order valence-electron chi connectivity index (χ3n) is 3.54. The first kappa shape index (κ1) is 13.4. The van der Waals surface area contributed by atoms with E-state index in [0.717, 1.165) is 11.1 Å². The third kappa shape index (κ3) is 2.40. The maximum atomic E-state index is 13.1. The largest absolute Gasteiger partial charge is 0.384 e. The number of hydrogen-bond acceptors (Lipinski definition) is 4. The van der Waals surface area contributed by atoms with Crippen molar-refractivity contribution in [2.75, 3.05) is 5.73 Å². The lowest BCUT2D eigenvalue weighted by atomic mass is 10.1. The molecule has 0 unspecified atom stereocenters. The molecule has 5 nitrogen and oxygen atoms in total. The van der Waals surface area contributed by atoms with E-state index < -0.39 is 0 Å². The normalized spacial score (nSPS) is 11.0. The van der Waals surface area contributed by atoms with Gasteiger partial charge < -0.3 is 5.73 Å².